The van der Waals surface area contributed by atoms with Gasteiger partial charge in [-0.25, -0.2) is 0 Å². The first-order chi connectivity index (χ1) is 14.7. The van der Waals surface area contributed by atoms with Crippen molar-refractivity contribution in [1.82, 2.24) is 5.32 Å². The Morgan fingerprint density at radius 2 is 1.81 bits per heavy atom. The fourth-order valence-corrected chi connectivity index (χ4v) is 3.78. The van der Waals surface area contributed by atoms with E-state index in [9.17, 15) is 30.0 Å². The maximum atomic E-state index is 12.4. The van der Waals surface area contributed by atoms with Gasteiger partial charge in [0.05, 0.1) is 18.2 Å². The van der Waals surface area contributed by atoms with E-state index in [1.807, 2.05) is 0 Å². The second-order valence-corrected chi connectivity index (χ2v) is 8.14. The summed E-state index contributed by atoms with van der Waals surface area (Å²) in [6, 6.07) is 3.75. The molecule has 1 aromatic rings. The van der Waals surface area contributed by atoms with Crippen LogP contribution in [0.15, 0.2) is 23.8 Å². The number of aromatic hydroxyl groups is 1. The minimum Gasteiger partial charge on any atom is -0.504 e. The highest BCUT2D eigenvalue weighted by molar-refractivity contribution is 5.97. The van der Waals surface area contributed by atoms with Crippen molar-refractivity contribution in [2.24, 2.45) is 0 Å². The number of carbonyl (C=O) groups excluding carboxylic acids is 2. The van der Waals surface area contributed by atoms with Crippen LogP contribution < -0.4 is 10.1 Å². The van der Waals surface area contributed by atoms with Crippen LogP contribution in [0, 0.1) is 0 Å². The van der Waals surface area contributed by atoms with Gasteiger partial charge in [-0.1, -0.05) is 6.07 Å². The number of hydrogen-bond acceptors (Lipinski definition) is 8. The van der Waals surface area contributed by atoms with Crippen LogP contribution in [0.1, 0.15) is 45.1 Å². The van der Waals surface area contributed by atoms with E-state index >= 15 is 0 Å². The summed E-state index contributed by atoms with van der Waals surface area (Å²) in [6.45, 7) is 2.95. The van der Waals surface area contributed by atoms with E-state index in [0.717, 1.165) is 0 Å². The maximum absolute atomic E-state index is 12.4. The van der Waals surface area contributed by atoms with E-state index in [2.05, 4.69) is 5.32 Å². The first kappa shape index (κ1) is 23.2. The van der Waals surface area contributed by atoms with Crippen LogP contribution in [-0.4, -0.2) is 68.9 Å². The largest absolute Gasteiger partial charge is 0.504 e. The van der Waals surface area contributed by atoms with Crippen LogP contribution in [0.5, 0.6) is 11.5 Å². The van der Waals surface area contributed by atoms with Crippen molar-refractivity contribution in [3.63, 3.8) is 0 Å². The second-order valence-electron chi connectivity index (χ2n) is 8.14. The standard InChI is InChI=1S/C22H29NO8/c1-11(21(29)23-20-14(25)4-3-5-15(20)26)8-13-6-7-18(16(27)9-13)30-22-17(28)10-19(31-22)12(2)24/h6-9,14-15,17,19-20,22,25-28H,3-5,10H2,1-2H3,(H,23,29)/b11-8+/t14-,15+,17-,19-,20?,22+/m0/s1. The van der Waals surface area contributed by atoms with E-state index in [1.165, 1.54) is 19.1 Å². The second kappa shape index (κ2) is 9.78. The van der Waals surface area contributed by atoms with Crippen LogP contribution in [-0.2, 0) is 14.3 Å². The summed E-state index contributed by atoms with van der Waals surface area (Å²) in [7, 11) is 0. The Kier molecular flexibility index (Phi) is 7.32. The molecule has 6 atom stereocenters. The first-order valence-electron chi connectivity index (χ1n) is 10.3. The zero-order chi connectivity index (χ0) is 22.7. The molecule has 0 bridgehead atoms. The number of Topliss-reactive ketones (excluding diaryl/α,β-unsaturated/α-hetero) is 1. The number of nitrogens with one attached hydrogen (secondary N) is 1. The van der Waals surface area contributed by atoms with Crippen molar-refractivity contribution in [3.8, 4) is 11.5 Å². The van der Waals surface area contributed by atoms with Gasteiger partial charge in [0.1, 0.15) is 12.2 Å². The zero-order valence-corrected chi connectivity index (χ0v) is 17.5. The quantitative estimate of drug-likeness (QED) is 0.409. The Morgan fingerprint density at radius 3 is 2.39 bits per heavy atom. The van der Waals surface area contributed by atoms with E-state index in [0.29, 0.717) is 30.4 Å². The molecule has 1 aliphatic carbocycles. The predicted octanol–water partition coefficient (Wildman–Crippen LogP) is 0.630. The van der Waals surface area contributed by atoms with Crippen molar-refractivity contribution in [1.29, 1.82) is 0 Å². The van der Waals surface area contributed by atoms with Crippen molar-refractivity contribution >= 4 is 17.8 Å². The minimum absolute atomic E-state index is 0.0703. The molecule has 0 radical (unpaired) electrons. The van der Waals surface area contributed by atoms with Gasteiger partial charge in [0.15, 0.2) is 17.3 Å². The van der Waals surface area contributed by atoms with Crippen LogP contribution >= 0.6 is 0 Å². The molecule has 1 unspecified atom stereocenters. The van der Waals surface area contributed by atoms with Gasteiger partial charge in [0.2, 0.25) is 12.2 Å². The number of ether oxygens (including phenoxy) is 2. The molecule has 1 aliphatic heterocycles. The average Bonchev–Trinajstić information content (AvgIpc) is 3.07. The lowest BCUT2D eigenvalue weighted by Crippen LogP contribution is -2.53. The SMILES string of the molecule is CC(=O)[C@@H]1C[C@H](O)[C@H](Oc2ccc(/C=C(\C)C(=O)NC3[C@H](O)CCC[C@@H]3O)cc2O)O1. The average molecular weight is 435 g/mol. The van der Waals surface area contributed by atoms with E-state index < -0.39 is 42.7 Å². The lowest BCUT2D eigenvalue weighted by molar-refractivity contribution is -0.140. The number of benzene rings is 1. The molecule has 3 rings (SSSR count). The van der Waals surface area contributed by atoms with Gasteiger partial charge in [0, 0.05) is 12.0 Å². The summed E-state index contributed by atoms with van der Waals surface area (Å²) in [5, 5.41) is 43.0. The van der Waals surface area contributed by atoms with Crippen molar-refractivity contribution < 1.29 is 39.5 Å². The highest BCUT2D eigenvalue weighted by atomic mass is 16.7. The Morgan fingerprint density at radius 1 is 1.13 bits per heavy atom. The summed E-state index contributed by atoms with van der Waals surface area (Å²) >= 11 is 0. The van der Waals surface area contributed by atoms with Gasteiger partial charge in [-0.2, -0.15) is 0 Å². The van der Waals surface area contributed by atoms with Gasteiger partial charge in [-0.15, -0.1) is 0 Å². The number of phenols is 1. The molecule has 2 fully saturated rings. The van der Waals surface area contributed by atoms with E-state index in [-0.39, 0.29) is 23.7 Å². The molecule has 1 aromatic carbocycles. The number of hydrogen-bond donors (Lipinski definition) is 5. The third-order valence-corrected chi connectivity index (χ3v) is 5.62. The summed E-state index contributed by atoms with van der Waals surface area (Å²) in [5.41, 5.74) is 0.855. The maximum Gasteiger partial charge on any atom is 0.247 e. The topological polar surface area (TPSA) is 146 Å². The number of aliphatic hydroxyl groups is 3. The zero-order valence-electron chi connectivity index (χ0n) is 17.5. The van der Waals surface area contributed by atoms with E-state index in [4.69, 9.17) is 9.47 Å². The third-order valence-electron chi connectivity index (χ3n) is 5.62. The van der Waals surface area contributed by atoms with Gasteiger partial charge in [-0.3, -0.25) is 9.59 Å². The molecule has 0 aromatic heterocycles. The molecule has 9 heteroatoms. The Labute approximate surface area is 180 Å². The molecule has 5 N–H and O–H groups in total. The molecular weight excluding hydrogens is 406 g/mol. The Hall–Kier alpha value is -2.46. The fraction of sp³-hybridized carbons (Fsp3) is 0.545. The van der Waals surface area contributed by atoms with Crippen molar-refractivity contribution in [2.75, 3.05) is 0 Å². The molecule has 0 spiro atoms. The van der Waals surface area contributed by atoms with Gasteiger partial charge < -0.3 is 35.2 Å². The summed E-state index contributed by atoms with van der Waals surface area (Å²) in [6.07, 6.45) is -0.978. The molecular formula is C22H29NO8. The van der Waals surface area contributed by atoms with Gasteiger partial charge >= 0.3 is 0 Å². The van der Waals surface area contributed by atoms with Crippen LogP contribution in [0.25, 0.3) is 6.08 Å². The Balaban J connectivity index is 1.64. The molecule has 2 aliphatic rings. The van der Waals surface area contributed by atoms with Crippen LogP contribution in [0.4, 0.5) is 0 Å². The highest BCUT2D eigenvalue weighted by Crippen LogP contribution is 2.32. The van der Waals surface area contributed by atoms with Crippen LogP contribution in [0.2, 0.25) is 0 Å². The lowest BCUT2D eigenvalue weighted by atomic mass is 9.89. The number of phenolic OH excluding ortho intramolecular Hbond substituents is 1. The summed E-state index contributed by atoms with van der Waals surface area (Å²) in [4.78, 5) is 23.9. The molecule has 1 amide bonds. The number of aliphatic hydroxyl groups excluding tert-OH is 3. The Bertz CT molecular complexity index is 844. The van der Waals surface area contributed by atoms with Crippen LogP contribution in [0.3, 0.4) is 0 Å². The lowest BCUT2D eigenvalue weighted by Gasteiger charge is -2.32. The molecule has 170 valence electrons. The fourth-order valence-electron chi connectivity index (χ4n) is 3.78. The van der Waals surface area contributed by atoms with Gasteiger partial charge in [0.25, 0.3) is 0 Å². The number of carbonyl (C=O) groups is 2. The smallest absolute Gasteiger partial charge is 0.247 e. The molecule has 1 heterocycles. The molecule has 9 nitrogen and oxygen atoms in total. The normalized spacial score (nSPS) is 31.3. The summed E-state index contributed by atoms with van der Waals surface area (Å²) < 4.78 is 10.9. The number of ketones is 1. The van der Waals surface area contributed by atoms with E-state index in [1.54, 1.807) is 19.1 Å². The monoisotopic (exact) mass is 435 g/mol. The number of rotatable bonds is 6. The molecule has 1 saturated carbocycles. The van der Waals surface area contributed by atoms with Crippen molar-refractivity contribution in [3.05, 3.63) is 29.3 Å². The number of amides is 1. The first-order valence-corrected chi connectivity index (χ1v) is 10.3. The molecule has 31 heavy (non-hydrogen) atoms. The molecule has 1 saturated heterocycles. The highest BCUT2D eigenvalue weighted by Gasteiger charge is 2.38. The third kappa shape index (κ3) is 5.62. The predicted molar refractivity (Wildman–Crippen MR) is 110 cm³/mol. The minimum atomic E-state index is -1.07. The summed E-state index contributed by atoms with van der Waals surface area (Å²) in [5.74, 6) is -0.789. The van der Waals surface area contributed by atoms with Crippen molar-refractivity contribution in [2.45, 2.75) is 76.3 Å². The van der Waals surface area contributed by atoms with Gasteiger partial charge in [-0.05, 0) is 56.9 Å².